The maximum absolute atomic E-state index is 6.13. The monoisotopic (exact) mass is 291 g/mol. The first-order chi connectivity index (χ1) is 9.65. The molecule has 20 heavy (non-hydrogen) atoms. The molecule has 4 heteroatoms. The molecule has 1 atom stereocenters. The van der Waals surface area contributed by atoms with E-state index < -0.39 is 0 Å². The average molecular weight is 292 g/mol. The van der Waals surface area contributed by atoms with Crippen molar-refractivity contribution >= 4 is 11.6 Å². The number of imidazole rings is 1. The van der Waals surface area contributed by atoms with Crippen LogP contribution >= 0.6 is 11.6 Å². The third kappa shape index (κ3) is 3.41. The van der Waals surface area contributed by atoms with E-state index in [0.717, 1.165) is 30.2 Å². The van der Waals surface area contributed by atoms with E-state index in [2.05, 4.69) is 41.0 Å². The third-order valence-corrected chi connectivity index (χ3v) is 3.85. The second-order valence-corrected chi connectivity index (χ2v) is 5.52. The van der Waals surface area contributed by atoms with E-state index in [0.29, 0.717) is 0 Å². The van der Waals surface area contributed by atoms with Crippen LogP contribution in [-0.4, -0.2) is 16.6 Å². The van der Waals surface area contributed by atoms with E-state index in [1.165, 1.54) is 11.1 Å². The second kappa shape index (κ2) is 6.91. The van der Waals surface area contributed by atoms with Crippen molar-refractivity contribution in [2.75, 3.05) is 7.05 Å². The number of hydrogen-bond donors (Lipinski definition) is 1. The van der Waals surface area contributed by atoms with Gasteiger partial charge < -0.3 is 9.88 Å². The molecule has 1 aromatic carbocycles. The van der Waals surface area contributed by atoms with Crippen LogP contribution in [0.1, 0.15) is 36.3 Å². The molecule has 0 aliphatic carbocycles. The normalized spacial score (nSPS) is 12.6. The summed E-state index contributed by atoms with van der Waals surface area (Å²) in [4.78, 5) is 4.49. The zero-order valence-corrected chi connectivity index (χ0v) is 13.1. The molecule has 1 unspecified atom stereocenters. The summed E-state index contributed by atoms with van der Waals surface area (Å²) in [7, 11) is 1.98. The van der Waals surface area contributed by atoms with Gasteiger partial charge in [0.2, 0.25) is 0 Å². The Morgan fingerprint density at radius 2 is 2.20 bits per heavy atom. The fourth-order valence-electron chi connectivity index (χ4n) is 2.51. The van der Waals surface area contributed by atoms with Crippen molar-refractivity contribution in [1.82, 2.24) is 14.9 Å². The van der Waals surface area contributed by atoms with Crippen molar-refractivity contribution in [2.24, 2.45) is 0 Å². The summed E-state index contributed by atoms with van der Waals surface area (Å²) in [6, 6.07) is 6.28. The molecule has 1 heterocycles. The number of nitrogens with one attached hydrogen (secondary N) is 1. The number of likely N-dealkylation sites (N-methyl/N-ethyl adjacent to an activating group) is 1. The fourth-order valence-corrected chi connectivity index (χ4v) is 2.69. The molecule has 0 fully saturated rings. The van der Waals surface area contributed by atoms with Crippen molar-refractivity contribution in [3.63, 3.8) is 0 Å². The first kappa shape index (κ1) is 15.1. The number of hydrogen-bond acceptors (Lipinski definition) is 2. The van der Waals surface area contributed by atoms with Gasteiger partial charge in [0.15, 0.2) is 0 Å². The number of aromatic nitrogens is 2. The Morgan fingerprint density at radius 1 is 1.40 bits per heavy atom. The van der Waals surface area contributed by atoms with Gasteiger partial charge >= 0.3 is 0 Å². The zero-order valence-electron chi connectivity index (χ0n) is 12.4. The van der Waals surface area contributed by atoms with Gasteiger partial charge in [0.25, 0.3) is 0 Å². The van der Waals surface area contributed by atoms with Gasteiger partial charge in [-0.1, -0.05) is 24.6 Å². The second-order valence-electron chi connectivity index (χ2n) is 5.08. The topological polar surface area (TPSA) is 29.9 Å². The van der Waals surface area contributed by atoms with E-state index >= 15 is 0 Å². The summed E-state index contributed by atoms with van der Waals surface area (Å²) in [5, 5.41) is 4.16. The molecule has 3 nitrogen and oxygen atoms in total. The summed E-state index contributed by atoms with van der Waals surface area (Å²) in [5.74, 6) is 1.12. The minimum atomic E-state index is 0.228. The highest BCUT2D eigenvalue weighted by atomic mass is 35.5. The van der Waals surface area contributed by atoms with E-state index in [-0.39, 0.29) is 6.04 Å². The van der Waals surface area contributed by atoms with Crippen LogP contribution in [0.4, 0.5) is 0 Å². The van der Waals surface area contributed by atoms with E-state index in [1.807, 2.05) is 25.4 Å². The Labute approximate surface area is 126 Å². The molecule has 2 rings (SSSR count). The molecule has 0 aliphatic heterocycles. The van der Waals surface area contributed by atoms with Crippen LogP contribution in [0, 0.1) is 6.92 Å². The van der Waals surface area contributed by atoms with Crippen molar-refractivity contribution < 1.29 is 0 Å². The number of rotatable bonds is 6. The lowest BCUT2D eigenvalue weighted by molar-refractivity contribution is 0.541. The minimum absolute atomic E-state index is 0.228. The van der Waals surface area contributed by atoms with Crippen LogP contribution in [0.15, 0.2) is 30.6 Å². The van der Waals surface area contributed by atoms with Crippen molar-refractivity contribution in [3.8, 4) is 0 Å². The van der Waals surface area contributed by atoms with Crippen LogP contribution in [-0.2, 0) is 13.0 Å². The van der Waals surface area contributed by atoms with Crippen LogP contribution in [0.2, 0.25) is 5.02 Å². The number of benzene rings is 1. The highest BCUT2D eigenvalue weighted by Crippen LogP contribution is 2.24. The van der Waals surface area contributed by atoms with Gasteiger partial charge in [0, 0.05) is 36.4 Å². The Morgan fingerprint density at radius 3 is 2.90 bits per heavy atom. The summed E-state index contributed by atoms with van der Waals surface area (Å²) in [6.45, 7) is 5.31. The van der Waals surface area contributed by atoms with E-state index in [1.54, 1.807) is 0 Å². The summed E-state index contributed by atoms with van der Waals surface area (Å²) in [5.41, 5.74) is 2.49. The van der Waals surface area contributed by atoms with E-state index in [4.69, 9.17) is 11.6 Å². The Hall–Kier alpha value is -1.32. The standard InChI is InChI=1S/C16H22ClN3/c1-4-8-20-9-7-19-16(20)11-15(18-3)14-10-13(17)6-5-12(14)2/h5-7,9-10,15,18H,4,8,11H2,1-3H3. The molecule has 0 saturated heterocycles. The third-order valence-electron chi connectivity index (χ3n) is 3.62. The molecule has 0 spiro atoms. The molecule has 1 aromatic heterocycles. The Bertz CT molecular complexity index is 563. The van der Waals surface area contributed by atoms with Gasteiger partial charge in [-0.15, -0.1) is 0 Å². The smallest absolute Gasteiger partial charge is 0.110 e. The van der Waals surface area contributed by atoms with Crippen LogP contribution < -0.4 is 5.32 Å². The quantitative estimate of drug-likeness (QED) is 0.878. The molecule has 2 aromatic rings. The lowest BCUT2D eigenvalue weighted by Crippen LogP contribution is -2.21. The molecule has 0 amide bonds. The lowest BCUT2D eigenvalue weighted by atomic mass is 9.98. The van der Waals surface area contributed by atoms with Gasteiger partial charge in [0.1, 0.15) is 5.82 Å². The molecule has 0 radical (unpaired) electrons. The molecule has 0 bridgehead atoms. The lowest BCUT2D eigenvalue weighted by Gasteiger charge is -2.19. The van der Waals surface area contributed by atoms with Crippen LogP contribution in [0.5, 0.6) is 0 Å². The molecule has 108 valence electrons. The first-order valence-electron chi connectivity index (χ1n) is 7.09. The van der Waals surface area contributed by atoms with Crippen molar-refractivity contribution in [3.05, 3.63) is 52.6 Å². The number of nitrogens with zero attached hydrogens (tertiary/aromatic N) is 2. The fraction of sp³-hybridized carbons (Fsp3) is 0.438. The van der Waals surface area contributed by atoms with Crippen molar-refractivity contribution in [2.45, 2.75) is 39.3 Å². The molecular formula is C16H22ClN3. The summed E-state index contributed by atoms with van der Waals surface area (Å²) < 4.78 is 2.23. The van der Waals surface area contributed by atoms with Crippen LogP contribution in [0.25, 0.3) is 0 Å². The highest BCUT2D eigenvalue weighted by Gasteiger charge is 2.15. The van der Waals surface area contributed by atoms with Gasteiger partial charge in [-0.25, -0.2) is 4.98 Å². The molecule has 0 saturated carbocycles. The predicted octanol–water partition coefficient (Wildman–Crippen LogP) is 3.76. The molecule has 1 N–H and O–H groups in total. The molecule has 0 aliphatic rings. The van der Waals surface area contributed by atoms with Gasteiger partial charge in [-0.05, 0) is 43.7 Å². The Kier molecular flexibility index (Phi) is 5.21. The number of halogens is 1. The molecular weight excluding hydrogens is 270 g/mol. The maximum Gasteiger partial charge on any atom is 0.110 e. The van der Waals surface area contributed by atoms with E-state index in [9.17, 15) is 0 Å². The maximum atomic E-state index is 6.13. The average Bonchev–Trinajstić information content (AvgIpc) is 2.87. The van der Waals surface area contributed by atoms with Gasteiger partial charge in [0.05, 0.1) is 0 Å². The first-order valence-corrected chi connectivity index (χ1v) is 7.46. The van der Waals surface area contributed by atoms with Gasteiger partial charge in [-0.2, -0.15) is 0 Å². The van der Waals surface area contributed by atoms with Gasteiger partial charge in [-0.3, -0.25) is 0 Å². The largest absolute Gasteiger partial charge is 0.335 e. The zero-order chi connectivity index (χ0) is 14.5. The SMILES string of the molecule is CCCn1ccnc1CC(NC)c1cc(Cl)ccc1C. The highest BCUT2D eigenvalue weighted by molar-refractivity contribution is 6.30. The van der Waals surface area contributed by atoms with Crippen molar-refractivity contribution in [1.29, 1.82) is 0 Å². The minimum Gasteiger partial charge on any atom is -0.335 e. The summed E-state index contributed by atoms with van der Waals surface area (Å²) in [6.07, 6.45) is 5.91. The van der Waals surface area contributed by atoms with Crippen LogP contribution in [0.3, 0.4) is 0 Å². The summed E-state index contributed by atoms with van der Waals surface area (Å²) >= 11 is 6.13. The number of aryl methyl sites for hydroxylation is 2. The Balaban J connectivity index is 2.24. The predicted molar refractivity (Wildman–Crippen MR) is 84.2 cm³/mol.